The van der Waals surface area contributed by atoms with Gasteiger partial charge in [0.15, 0.2) is 0 Å². The number of hydrogen-bond donors (Lipinski definition) is 0. The summed E-state index contributed by atoms with van der Waals surface area (Å²) in [6.07, 6.45) is 12.3. The molecule has 0 spiro atoms. The van der Waals surface area contributed by atoms with Gasteiger partial charge in [0.25, 0.3) is 5.82 Å². The number of nitrogens with zero attached hydrogens (tertiary/aromatic N) is 3. The molecule has 1 saturated carbocycles. The average Bonchev–Trinajstić information content (AvgIpc) is 2.94. The van der Waals surface area contributed by atoms with E-state index in [0.29, 0.717) is 11.5 Å². The molecule has 3 heteroatoms. The van der Waals surface area contributed by atoms with Crippen molar-refractivity contribution in [3.63, 3.8) is 0 Å². The van der Waals surface area contributed by atoms with Crippen molar-refractivity contribution >= 4 is 5.82 Å². The molecule has 114 valence electrons. The molecule has 5 heterocycles. The lowest BCUT2D eigenvalue weighted by molar-refractivity contribution is -0.659. The van der Waals surface area contributed by atoms with Crippen LogP contribution in [0.3, 0.4) is 0 Å². The van der Waals surface area contributed by atoms with Crippen molar-refractivity contribution in [3.8, 4) is 0 Å². The number of aromatic nitrogens is 2. The molecule has 6 aliphatic rings. The molecule has 2 aromatic heterocycles. The third-order valence-electron chi connectivity index (χ3n) is 6.89. The highest BCUT2D eigenvalue weighted by Crippen LogP contribution is 2.66. The summed E-state index contributed by atoms with van der Waals surface area (Å²) >= 11 is 0. The number of piperidine rings is 2. The van der Waals surface area contributed by atoms with Crippen molar-refractivity contribution in [2.45, 2.75) is 49.6 Å². The summed E-state index contributed by atoms with van der Waals surface area (Å²) in [5, 5.41) is 0. The molecule has 1 unspecified atom stereocenters. The summed E-state index contributed by atoms with van der Waals surface area (Å²) in [5.41, 5.74) is 3.83. The highest BCUT2D eigenvalue weighted by molar-refractivity contribution is 5.59. The van der Waals surface area contributed by atoms with Crippen molar-refractivity contribution in [1.82, 2.24) is 4.57 Å². The minimum absolute atomic E-state index is 0.217. The van der Waals surface area contributed by atoms with Gasteiger partial charge < -0.3 is 4.57 Å². The molecule has 0 aromatic carbocycles. The highest BCUT2D eigenvalue weighted by Gasteiger charge is 2.69. The Hall–Kier alpha value is -1.77. The van der Waals surface area contributed by atoms with Crippen molar-refractivity contribution in [2.75, 3.05) is 4.90 Å². The minimum Gasteiger partial charge on any atom is -0.356 e. The Morgan fingerprint density at radius 2 is 1.82 bits per heavy atom. The van der Waals surface area contributed by atoms with Gasteiger partial charge in [0.1, 0.15) is 11.6 Å². The first-order chi connectivity index (χ1) is 10.6. The maximum Gasteiger partial charge on any atom is 0.277 e. The predicted octanol–water partition coefficient (Wildman–Crippen LogP) is 2.78. The van der Waals surface area contributed by atoms with E-state index >= 15 is 0 Å². The van der Waals surface area contributed by atoms with Gasteiger partial charge in [0.2, 0.25) is 0 Å². The van der Waals surface area contributed by atoms with Crippen LogP contribution in [-0.4, -0.2) is 10.6 Å². The molecular weight excluding hydrogens is 270 g/mol. The number of pyridine rings is 1. The molecule has 0 N–H and O–H groups in total. The van der Waals surface area contributed by atoms with Crippen molar-refractivity contribution in [3.05, 3.63) is 47.9 Å². The molecule has 8 rings (SSSR count). The Morgan fingerprint density at radius 1 is 1.09 bits per heavy atom. The Kier molecular flexibility index (Phi) is 2.18. The third-order valence-corrected chi connectivity index (χ3v) is 6.89. The van der Waals surface area contributed by atoms with Crippen LogP contribution in [-0.2, 0) is 25.0 Å². The first-order valence-corrected chi connectivity index (χ1v) is 8.49. The molecule has 2 bridgehead atoms. The molecule has 1 atom stereocenters. The molecule has 3 fully saturated rings. The van der Waals surface area contributed by atoms with Crippen LogP contribution in [0.5, 0.6) is 0 Å². The lowest BCUT2D eigenvalue weighted by Gasteiger charge is -2.64. The van der Waals surface area contributed by atoms with Crippen LogP contribution in [0.25, 0.3) is 0 Å². The van der Waals surface area contributed by atoms with Crippen molar-refractivity contribution in [1.29, 1.82) is 0 Å². The standard InChI is InChI=1S/C19H24N3/c1-14-18-7-9-19(10-8-18,16-13-20(2)12-15(16)18)22(14)17-6-4-5-11-21(17)3/h4-6,11-14H,7-10H2,1-3H3/q+1. The smallest absolute Gasteiger partial charge is 0.277 e. The van der Waals surface area contributed by atoms with Gasteiger partial charge >= 0.3 is 0 Å². The van der Waals surface area contributed by atoms with Gasteiger partial charge in [-0.2, -0.15) is 0 Å². The molecule has 2 saturated heterocycles. The monoisotopic (exact) mass is 294 g/mol. The summed E-state index contributed by atoms with van der Waals surface area (Å²) in [7, 11) is 4.36. The lowest BCUT2D eigenvalue weighted by atomic mass is 9.48. The van der Waals surface area contributed by atoms with Crippen LogP contribution in [0.2, 0.25) is 0 Å². The van der Waals surface area contributed by atoms with Gasteiger partial charge in [0, 0.05) is 36.5 Å². The van der Waals surface area contributed by atoms with E-state index in [1.807, 2.05) is 0 Å². The minimum atomic E-state index is 0.217. The molecule has 3 aliphatic heterocycles. The number of rotatable bonds is 1. The fraction of sp³-hybridized carbons (Fsp3) is 0.526. The van der Waals surface area contributed by atoms with E-state index in [4.69, 9.17) is 0 Å². The summed E-state index contributed by atoms with van der Waals surface area (Å²) in [4.78, 5) is 2.75. The first kappa shape index (κ1) is 12.7. The topological polar surface area (TPSA) is 12.1 Å². The normalized spacial score (nSPS) is 35.0. The number of hydrogen-bond acceptors (Lipinski definition) is 1. The maximum absolute atomic E-state index is 2.75. The Morgan fingerprint density at radius 3 is 2.55 bits per heavy atom. The van der Waals surface area contributed by atoms with Crippen molar-refractivity contribution < 1.29 is 4.57 Å². The zero-order valence-corrected chi connectivity index (χ0v) is 13.7. The fourth-order valence-corrected chi connectivity index (χ4v) is 5.81. The molecule has 3 aliphatic carbocycles. The molecule has 22 heavy (non-hydrogen) atoms. The zero-order valence-electron chi connectivity index (χ0n) is 13.7. The van der Waals surface area contributed by atoms with Gasteiger partial charge in [0.05, 0.1) is 13.2 Å². The molecule has 0 amide bonds. The highest BCUT2D eigenvalue weighted by atomic mass is 15.3. The third kappa shape index (κ3) is 1.20. The Labute approximate surface area is 132 Å². The van der Waals surface area contributed by atoms with Gasteiger partial charge in [-0.1, -0.05) is 6.07 Å². The van der Waals surface area contributed by atoms with E-state index in [1.54, 1.807) is 11.1 Å². The SMILES string of the molecule is CC1N(c2cccc[n+]2C)C23CCC1(CC2)c1cn(C)cc13. The quantitative estimate of drug-likeness (QED) is 0.737. The van der Waals surface area contributed by atoms with E-state index in [2.05, 4.69) is 71.8 Å². The lowest BCUT2D eigenvalue weighted by Crippen LogP contribution is -2.72. The second-order valence-corrected chi connectivity index (χ2v) is 7.65. The van der Waals surface area contributed by atoms with Gasteiger partial charge in [-0.3, -0.25) is 0 Å². The molecule has 2 aromatic rings. The van der Waals surface area contributed by atoms with Crippen LogP contribution in [0.4, 0.5) is 5.82 Å². The van der Waals surface area contributed by atoms with Gasteiger partial charge in [-0.15, -0.1) is 0 Å². The summed E-state index contributed by atoms with van der Waals surface area (Å²) in [6, 6.07) is 7.18. The fourth-order valence-electron chi connectivity index (χ4n) is 5.81. The van der Waals surface area contributed by atoms with Crippen LogP contribution >= 0.6 is 0 Å². The Balaban J connectivity index is 1.80. The number of anilines is 1. The van der Waals surface area contributed by atoms with E-state index in [-0.39, 0.29) is 5.54 Å². The summed E-state index contributed by atoms with van der Waals surface area (Å²) < 4.78 is 4.58. The van der Waals surface area contributed by atoms with E-state index in [0.717, 1.165) is 0 Å². The largest absolute Gasteiger partial charge is 0.356 e. The van der Waals surface area contributed by atoms with Crippen LogP contribution in [0.15, 0.2) is 36.8 Å². The Bertz CT molecular complexity index is 765. The predicted molar refractivity (Wildman–Crippen MR) is 86.8 cm³/mol. The van der Waals surface area contributed by atoms with E-state index < -0.39 is 0 Å². The summed E-state index contributed by atoms with van der Waals surface area (Å²) in [6.45, 7) is 2.45. The molecular formula is C19H24N3+. The van der Waals surface area contributed by atoms with Gasteiger partial charge in [-0.05, 0) is 44.2 Å². The second-order valence-electron chi connectivity index (χ2n) is 7.65. The van der Waals surface area contributed by atoms with Crippen LogP contribution in [0.1, 0.15) is 43.7 Å². The van der Waals surface area contributed by atoms with E-state index in [1.165, 1.54) is 31.5 Å². The summed E-state index contributed by atoms with van der Waals surface area (Å²) in [5.74, 6) is 1.37. The van der Waals surface area contributed by atoms with Crippen LogP contribution in [0, 0.1) is 0 Å². The van der Waals surface area contributed by atoms with Crippen molar-refractivity contribution in [2.24, 2.45) is 14.1 Å². The van der Waals surface area contributed by atoms with E-state index in [9.17, 15) is 0 Å². The first-order valence-electron chi connectivity index (χ1n) is 8.49. The zero-order chi connectivity index (χ0) is 15.1. The molecule has 3 nitrogen and oxygen atoms in total. The number of aryl methyl sites for hydroxylation is 2. The second kappa shape index (κ2) is 3.76. The van der Waals surface area contributed by atoms with Gasteiger partial charge in [-0.25, -0.2) is 9.47 Å². The molecule has 0 radical (unpaired) electrons. The maximum atomic E-state index is 2.75. The average molecular weight is 294 g/mol. The van der Waals surface area contributed by atoms with Crippen LogP contribution < -0.4 is 9.47 Å².